The monoisotopic (exact) mass is 274 g/mol. The van der Waals surface area contributed by atoms with Crippen LogP contribution in [0.4, 0.5) is 4.79 Å². The molecule has 0 unspecified atom stereocenters. The molecule has 110 valence electrons. The van der Waals surface area contributed by atoms with Gasteiger partial charge < -0.3 is 24.8 Å². The van der Waals surface area contributed by atoms with Crippen molar-refractivity contribution in [2.75, 3.05) is 39.5 Å². The highest BCUT2D eigenvalue weighted by Gasteiger charge is 2.22. The molecule has 0 aromatic heterocycles. The van der Waals surface area contributed by atoms with E-state index in [0.29, 0.717) is 26.2 Å². The maximum absolute atomic E-state index is 11.8. The number of hydrogen-bond donors (Lipinski definition) is 2. The first kappa shape index (κ1) is 15.7. The van der Waals surface area contributed by atoms with E-state index >= 15 is 0 Å². The molecule has 0 bridgehead atoms. The summed E-state index contributed by atoms with van der Waals surface area (Å²) in [5, 5.41) is 11.1. The van der Waals surface area contributed by atoms with Crippen molar-refractivity contribution in [3.63, 3.8) is 0 Å². The highest BCUT2D eigenvalue weighted by Crippen LogP contribution is 2.13. The van der Waals surface area contributed by atoms with Gasteiger partial charge in [0.25, 0.3) is 0 Å². The van der Waals surface area contributed by atoms with Crippen molar-refractivity contribution < 1.29 is 24.2 Å². The molecule has 1 rings (SSSR count). The standard InChI is InChI=1S/C12H22N2O5/c1-2-19-10-3-6-14(7-4-10)12(17)13-5-8-18-9-11(15)16/h10H,2-9H2,1H3,(H,13,17)(H,15,16). The fourth-order valence-corrected chi connectivity index (χ4v) is 1.96. The van der Waals surface area contributed by atoms with Crippen molar-refractivity contribution in [1.29, 1.82) is 0 Å². The van der Waals surface area contributed by atoms with Crippen molar-refractivity contribution in [2.45, 2.75) is 25.9 Å². The first-order valence-electron chi connectivity index (χ1n) is 6.57. The summed E-state index contributed by atoms with van der Waals surface area (Å²) in [6.07, 6.45) is 1.97. The Morgan fingerprint density at radius 2 is 2.05 bits per heavy atom. The summed E-state index contributed by atoms with van der Waals surface area (Å²) in [6, 6.07) is -0.131. The number of hydrogen-bond acceptors (Lipinski definition) is 4. The highest BCUT2D eigenvalue weighted by atomic mass is 16.5. The fourth-order valence-electron chi connectivity index (χ4n) is 1.96. The lowest BCUT2D eigenvalue weighted by atomic mass is 10.1. The molecule has 1 aliphatic heterocycles. The average Bonchev–Trinajstić information content (AvgIpc) is 2.39. The van der Waals surface area contributed by atoms with E-state index in [1.807, 2.05) is 6.92 Å². The van der Waals surface area contributed by atoms with E-state index in [1.54, 1.807) is 4.90 Å². The van der Waals surface area contributed by atoms with Crippen LogP contribution in [0.25, 0.3) is 0 Å². The molecule has 1 fully saturated rings. The number of likely N-dealkylation sites (tertiary alicyclic amines) is 1. The number of piperidine rings is 1. The summed E-state index contributed by atoms with van der Waals surface area (Å²) in [7, 11) is 0. The number of nitrogens with zero attached hydrogens (tertiary/aromatic N) is 1. The summed E-state index contributed by atoms with van der Waals surface area (Å²) in [4.78, 5) is 23.7. The minimum Gasteiger partial charge on any atom is -0.480 e. The third-order valence-corrected chi connectivity index (χ3v) is 2.88. The molecule has 0 aromatic rings. The predicted molar refractivity (Wildman–Crippen MR) is 68.1 cm³/mol. The van der Waals surface area contributed by atoms with Gasteiger partial charge in [-0.2, -0.15) is 0 Å². The second-order valence-electron chi connectivity index (χ2n) is 4.32. The summed E-state index contributed by atoms with van der Waals surface area (Å²) >= 11 is 0. The van der Waals surface area contributed by atoms with Crippen LogP contribution in [0, 0.1) is 0 Å². The van der Waals surface area contributed by atoms with Crippen molar-refractivity contribution in [2.24, 2.45) is 0 Å². The summed E-state index contributed by atoms with van der Waals surface area (Å²) < 4.78 is 10.3. The van der Waals surface area contributed by atoms with Crippen LogP contribution in [0.1, 0.15) is 19.8 Å². The zero-order chi connectivity index (χ0) is 14.1. The zero-order valence-corrected chi connectivity index (χ0v) is 11.3. The van der Waals surface area contributed by atoms with Gasteiger partial charge in [0.05, 0.1) is 12.7 Å². The van der Waals surface area contributed by atoms with Crippen LogP contribution in [-0.2, 0) is 14.3 Å². The van der Waals surface area contributed by atoms with Crippen LogP contribution in [0.5, 0.6) is 0 Å². The number of urea groups is 1. The molecule has 0 saturated carbocycles. The predicted octanol–water partition coefficient (Wildman–Crippen LogP) is 0.298. The Kier molecular flexibility index (Phi) is 7.20. The van der Waals surface area contributed by atoms with Gasteiger partial charge in [-0.15, -0.1) is 0 Å². The second kappa shape index (κ2) is 8.71. The maximum Gasteiger partial charge on any atom is 0.329 e. The normalized spacial score (nSPS) is 16.4. The third kappa shape index (κ3) is 6.40. The molecule has 0 aromatic carbocycles. The lowest BCUT2D eigenvalue weighted by Gasteiger charge is -2.31. The minimum absolute atomic E-state index is 0.131. The van der Waals surface area contributed by atoms with Crippen molar-refractivity contribution in [3.05, 3.63) is 0 Å². The number of carboxylic acid groups (broad SMARTS) is 1. The first-order chi connectivity index (χ1) is 9.13. The molecule has 7 heteroatoms. The SMILES string of the molecule is CCOC1CCN(C(=O)NCCOCC(=O)O)CC1. The van der Waals surface area contributed by atoms with Crippen LogP contribution >= 0.6 is 0 Å². The van der Waals surface area contributed by atoms with Gasteiger partial charge >= 0.3 is 12.0 Å². The number of carbonyl (C=O) groups is 2. The number of nitrogens with one attached hydrogen (secondary N) is 1. The third-order valence-electron chi connectivity index (χ3n) is 2.88. The smallest absolute Gasteiger partial charge is 0.329 e. The second-order valence-corrected chi connectivity index (χ2v) is 4.32. The molecule has 1 aliphatic rings. The lowest BCUT2D eigenvalue weighted by molar-refractivity contribution is -0.142. The number of amides is 2. The van der Waals surface area contributed by atoms with Crippen LogP contribution in [0.3, 0.4) is 0 Å². The number of rotatable bonds is 7. The zero-order valence-electron chi connectivity index (χ0n) is 11.3. The molecular formula is C12H22N2O5. The van der Waals surface area contributed by atoms with Gasteiger partial charge in [-0.25, -0.2) is 9.59 Å². The molecule has 2 N–H and O–H groups in total. The minimum atomic E-state index is -1.01. The van der Waals surface area contributed by atoms with Gasteiger partial charge in [0.1, 0.15) is 6.61 Å². The van der Waals surface area contributed by atoms with E-state index in [4.69, 9.17) is 14.6 Å². The topological polar surface area (TPSA) is 88.1 Å². The number of aliphatic carboxylic acids is 1. The van der Waals surface area contributed by atoms with Gasteiger partial charge in [0.15, 0.2) is 0 Å². The Balaban J connectivity index is 2.09. The van der Waals surface area contributed by atoms with Crippen LogP contribution in [0.15, 0.2) is 0 Å². The molecule has 0 spiro atoms. The quantitative estimate of drug-likeness (QED) is 0.652. The maximum atomic E-state index is 11.8. The Labute approximate surface area is 112 Å². The molecular weight excluding hydrogens is 252 g/mol. The Morgan fingerprint density at radius 3 is 2.63 bits per heavy atom. The van der Waals surface area contributed by atoms with Crippen molar-refractivity contribution >= 4 is 12.0 Å². The fraction of sp³-hybridized carbons (Fsp3) is 0.833. The lowest BCUT2D eigenvalue weighted by Crippen LogP contribution is -2.46. The molecule has 1 saturated heterocycles. The van der Waals surface area contributed by atoms with E-state index in [2.05, 4.69) is 5.32 Å². The van der Waals surface area contributed by atoms with Crippen LogP contribution in [0.2, 0.25) is 0 Å². The Morgan fingerprint density at radius 1 is 1.37 bits per heavy atom. The van der Waals surface area contributed by atoms with Crippen LogP contribution in [-0.4, -0.2) is 67.6 Å². The number of carbonyl (C=O) groups excluding carboxylic acids is 1. The highest BCUT2D eigenvalue weighted by molar-refractivity contribution is 5.74. The van der Waals surface area contributed by atoms with Crippen LogP contribution < -0.4 is 5.32 Å². The molecule has 0 radical (unpaired) electrons. The Hall–Kier alpha value is -1.34. The van der Waals surface area contributed by atoms with Crippen molar-refractivity contribution in [1.82, 2.24) is 10.2 Å². The van der Waals surface area contributed by atoms with E-state index < -0.39 is 5.97 Å². The largest absolute Gasteiger partial charge is 0.480 e. The summed E-state index contributed by atoms with van der Waals surface area (Å²) in [5.41, 5.74) is 0. The molecule has 19 heavy (non-hydrogen) atoms. The number of carboxylic acids is 1. The van der Waals surface area contributed by atoms with Gasteiger partial charge in [-0.1, -0.05) is 0 Å². The van der Waals surface area contributed by atoms with Gasteiger partial charge in [-0.05, 0) is 19.8 Å². The van der Waals surface area contributed by atoms with Gasteiger partial charge in [0, 0.05) is 26.2 Å². The van der Waals surface area contributed by atoms with E-state index in [9.17, 15) is 9.59 Å². The van der Waals surface area contributed by atoms with Crippen molar-refractivity contribution in [3.8, 4) is 0 Å². The average molecular weight is 274 g/mol. The molecule has 0 atom stereocenters. The summed E-state index contributed by atoms with van der Waals surface area (Å²) in [6.45, 7) is 4.23. The molecule has 7 nitrogen and oxygen atoms in total. The molecule has 1 heterocycles. The molecule has 0 aliphatic carbocycles. The Bertz CT molecular complexity index is 290. The van der Waals surface area contributed by atoms with E-state index in [0.717, 1.165) is 12.8 Å². The van der Waals surface area contributed by atoms with E-state index in [-0.39, 0.29) is 25.3 Å². The summed E-state index contributed by atoms with van der Waals surface area (Å²) in [5.74, 6) is -1.01. The number of ether oxygens (including phenoxy) is 2. The first-order valence-corrected chi connectivity index (χ1v) is 6.57. The van der Waals surface area contributed by atoms with E-state index in [1.165, 1.54) is 0 Å². The van der Waals surface area contributed by atoms with Gasteiger partial charge in [-0.3, -0.25) is 0 Å². The molecule has 2 amide bonds. The van der Waals surface area contributed by atoms with Gasteiger partial charge in [0.2, 0.25) is 0 Å².